The van der Waals surface area contributed by atoms with Gasteiger partial charge >= 0.3 is 6.03 Å². The van der Waals surface area contributed by atoms with Gasteiger partial charge < -0.3 is 9.80 Å². The van der Waals surface area contributed by atoms with Crippen LogP contribution in [0.2, 0.25) is 0 Å². The molecule has 2 unspecified atom stereocenters. The smallest absolute Gasteiger partial charge is 0.325 e. The number of urea groups is 1. The van der Waals surface area contributed by atoms with Gasteiger partial charge in [0.05, 0.1) is 5.69 Å². The van der Waals surface area contributed by atoms with E-state index in [0.717, 1.165) is 24.2 Å². The van der Waals surface area contributed by atoms with Gasteiger partial charge in [-0.2, -0.15) is 5.10 Å². The van der Waals surface area contributed by atoms with Crippen LogP contribution in [0.5, 0.6) is 0 Å². The third-order valence-electron chi connectivity index (χ3n) is 4.43. The zero-order chi connectivity index (χ0) is 16.7. The molecule has 0 aliphatic carbocycles. The van der Waals surface area contributed by atoms with Crippen molar-refractivity contribution in [2.75, 3.05) is 13.6 Å². The van der Waals surface area contributed by atoms with Crippen molar-refractivity contribution in [1.29, 1.82) is 0 Å². The highest BCUT2D eigenvalue weighted by molar-refractivity contribution is 6.03. The van der Waals surface area contributed by atoms with Crippen molar-refractivity contribution in [3.05, 3.63) is 17.5 Å². The molecule has 3 rings (SSSR count). The van der Waals surface area contributed by atoms with E-state index in [0.29, 0.717) is 12.5 Å². The highest BCUT2D eigenvalue weighted by Crippen LogP contribution is 2.25. The van der Waals surface area contributed by atoms with E-state index in [-0.39, 0.29) is 5.91 Å². The molecule has 0 saturated carbocycles. The first-order valence-corrected chi connectivity index (χ1v) is 8.02. The van der Waals surface area contributed by atoms with E-state index < -0.39 is 18.2 Å². The molecule has 0 spiro atoms. The van der Waals surface area contributed by atoms with Crippen LogP contribution in [0.3, 0.4) is 0 Å². The molecule has 1 N–H and O–H groups in total. The lowest BCUT2D eigenvalue weighted by atomic mass is 10.1. The molecule has 2 atom stereocenters. The lowest BCUT2D eigenvalue weighted by molar-refractivity contribution is -0.127. The van der Waals surface area contributed by atoms with Gasteiger partial charge in [-0.25, -0.2) is 14.5 Å². The van der Waals surface area contributed by atoms with E-state index in [2.05, 4.69) is 35.3 Å². The van der Waals surface area contributed by atoms with Crippen molar-refractivity contribution in [2.45, 2.75) is 45.8 Å². The summed E-state index contributed by atoms with van der Waals surface area (Å²) in [4.78, 5) is 32.2. The van der Waals surface area contributed by atoms with E-state index in [1.807, 2.05) is 16.5 Å². The van der Waals surface area contributed by atoms with E-state index in [9.17, 15) is 9.59 Å². The predicted molar refractivity (Wildman–Crippen MR) is 85.1 cm³/mol. The summed E-state index contributed by atoms with van der Waals surface area (Å²) in [5.74, 6) is 0.329. The highest BCUT2D eigenvalue weighted by atomic mass is 16.2. The number of aliphatic imine (C=N–C) groups is 1. The van der Waals surface area contributed by atoms with Gasteiger partial charge in [0.1, 0.15) is 0 Å². The number of nitrogens with one attached hydrogen (secondary N) is 1. The Labute approximate surface area is 135 Å². The molecule has 1 aromatic rings. The number of amides is 3. The first kappa shape index (κ1) is 15.5. The molecule has 8 nitrogen and oxygen atoms in total. The van der Waals surface area contributed by atoms with Gasteiger partial charge in [-0.3, -0.25) is 10.1 Å². The van der Waals surface area contributed by atoms with Crippen LogP contribution in [0, 0.1) is 0 Å². The Balaban J connectivity index is 2.06. The zero-order valence-electron chi connectivity index (χ0n) is 13.9. The zero-order valence-corrected chi connectivity index (χ0v) is 13.9. The minimum absolute atomic E-state index is 0.306. The van der Waals surface area contributed by atoms with E-state index in [1.165, 1.54) is 4.90 Å². The van der Waals surface area contributed by atoms with Crippen molar-refractivity contribution in [2.24, 2.45) is 4.99 Å². The van der Waals surface area contributed by atoms with Crippen LogP contribution < -0.4 is 5.32 Å². The van der Waals surface area contributed by atoms with Crippen LogP contribution in [0.15, 0.2) is 11.1 Å². The standard InChI is InChI=1S/C15H22N6O2/c1-5-9-8-10(6-2)21(18-9)14-16-12-11(20(14)7-3)13(22)17-15(23)19(12)4/h8,11-12H,5-7H2,1-4H3,(H,17,22,23). The first-order valence-electron chi connectivity index (χ1n) is 8.02. The summed E-state index contributed by atoms with van der Waals surface area (Å²) < 4.78 is 1.81. The van der Waals surface area contributed by atoms with Crippen molar-refractivity contribution in [3.8, 4) is 0 Å². The maximum absolute atomic E-state index is 12.3. The molecule has 3 heterocycles. The lowest BCUT2D eigenvalue weighted by Gasteiger charge is -2.35. The van der Waals surface area contributed by atoms with Crippen molar-refractivity contribution >= 4 is 17.9 Å². The fraction of sp³-hybridized carbons (Fsp3) is 0.600. The number of nitrogens with zero attached hydrogens (tertiary/aromatic N) is 5. The topological polar surface area (TPSA) is 82.8 Å². The van der Waals surface area contributed by atoms with Gasteiger partial charge in [0.15, 0.2) is 12.2 Å². The van der Waals surface area contributed by atoms with Gasteiger partial charge in [-0.15, -0.1) is 0 Å². The minimum Gasteiger partial charge on any atom is -0.325 e. The second kappa shape index (κ2) is 5.68. The summed E-state index contributed by atoms with van der Waals surface area (Å²) in [6, 6.07) is 1.15. The second-order valence-corrected chi connectivity index (χ2v) is 5.72. The molecule has 0 aromatic carbocycles. The molecule has 2 aliphatic heterocycles. The molecular formula is C15H22N6O2. The average Bonchev–Trinajstić information content (AvgIpc) is 3.13. The number of aryl methyl sites for hydroxylation is 2. The van der Waals surface area contributed by atoms with Crippen LogP contribution >= 0.6 is 0 Å². The van der Waals surface area contributed by atoms with Crippen molar-refractivity contribution in [3.63, 3.8) is 0 Å². The van der Waals surface area contributed by atoms with Crippen molar-refractivity contribution < 1.29 is 9.59 Å². The van der Waals surface area contributed by atoms with E-state index >= 15 is 0 Å². The van der Waals surface area contributed by atoms with Gasteiger partial charge in [-0.1, -0.05) is 13.8 Å². The average molecular weight is 318 g/mol. The summed E-state index contributed by atoms with van der Waals surface area (Å²) in [6.07, 6.45) is 1.15. The second-order valence-electron chi connectivity index (χ2n) is 5.72. The quantitative estimate of drug-likeness (QED) is 0.876. The molecule has 2 aliphatic rings. The van der Waals surface area contributed by atoms with Gasteiger partial charge in [0.25, 0.3) is 5.91 Å². The Morgan fingerprint density at radius 2 is 1.96 bits per heavy atom. The van der Waals surface area contributed by atoms with E-state index in [4.69, 9.17) is 0 Å². The molecule has 1 saturated heterocycles. The lowest BCUT2D eigenvalue weighted by Crippen LogP contribution is -2.63. The number of fused-ring (bicyclic) bond motifs is 1. The Hall–Kier alpha value is -2.38. The highest BCUT2D eigenvalue weighted by Gasteiger charge is 2.48. The maximum atomic E-state index is 12.3. The van der Waals surface area contributed by atoms with Crippen LogP contribution in [0.4, 0.5) is 4.79 Å². The SMILES string of the molecule is CCc1cc(CC)n(C2=NC3C(C(=O)NC(=O)N3C)N2CC)n1. The fourth-order valence-electron chi connectivity index (χ4n) is 3.10. The van der Waals surface area contributed by atoms with E-state index in [1.54, 1.807) is 7.05 Å². The third-order valence-corrected chi connectivity index (χ3v) is 4.43. The summed E-state index contributed by atoms with van der Waals surface area (Å²) >= 11 is 0. The van der Waals surface area contributed by atoms with Crippen LogP contribution in [-0.2, 0) is 17.6 Å². The molecule has 23 heavy (non-hydrogen) atoms. The Kier molecular flexibility index (Phi) is 3.83. The Morgan fingerprint density at radius 1 is 1.22 bits per heavy atom. The van der Waals surface area contributed by atoms with Gasteiger partial charge in [0, 0.05) is 19.3 Å². The number of likely N-dealkylation sites (N-methyl/N-ethyl adjacent to an activating group) is 2. The number of carbonyl (C=O) groups is 2. The Bertz CT molecular complexity index is 680. The minimum atomic E-state index is -0.509. The number of hydrogen-bond donors (Lipinski definition) is 1. The molecule has 1 aromatic heterocycles. The molecule has 1 fully saturated rings. The number of carbonyl (C=O) groups excluding carboxylic acids is 2. The third kappa shape index (κ3) is 2.29. The summed E-state index contributed by atoms with van der Waals surface area (Å²) in [5.41, 5.74) is 2.04. The maximum Gasteiger partial charge on any atom is 0.325 e. The number of rotatable bonds is 3. The number of aromatic nitrogens is 2. The van der Waals surface area contributed by atoms with Gasteiger partial charge in [-0.05, 0) is 25.8 Å². The number of imide groups is 1. The van der Waals surface area contributed by atoms with Crippen molar-refractivity contribution in [1.82, 2.24) is 24.9 Å². The monoisotopic (exact) mass is 318 g/mol. The molecule has 124 valence electrons. The summed E-state index contributed by atoms with van der Waals surface area (Å²) in [7, 11) is 1.65. The summed E-state index contributed by atoms with van der Waals surface area (Å²) in [5, 5.41) is 7.00. The summed E-state index contributed by atoms with van der Waals surface area (Å²) in [6.45, 7) is 6.70. The number of hydrogen-bond acceptors (Lipinski definition) is 5. The molecule has 8 heteroatoms. The molecular weight excluding hydrogens is 296 g/mol. The Morgan fingerprint density at radius 3 is 2.57 bits per heavy atom. The molecule has 0 bridgehead atoms. The van der Waals surface area contributed by atoms with Crippen LogP contribution in [0.25, 0.3) is 0 Å². The van der Waals surface area contributed by atoms with Gasteiger partial charge in [0.2, 0.25) is 5.96 Å². The predicted octanol–water partition coefficient (Wildman–Crippen LogP) is 0.424. The molecule has 0 radical (unpaired) electrons. The normalized spacial score (nSPS) is 23.9. The fourth-order valence-corrected chi connectivity index (χ4v) is 3.10. The first-order chi connectivity index (χ1) is 11.0. The van der Waals surface area contributed by atoms with Crippen LogP contribution in [-0.4, -0.2) is 63.3 Å². The largest absolute Gasteiger partial charge is 0.325 e. The van der Waals surface area contributed by atoms with Crippen LogP contribution in [0.1, 0.15) is 32.2 Å². The molecule has 3 amide bonds.